The Morgan fingerprint density at radius 2 is 1.41 bits per heavy atom. The predicted molar refractivity (Wildman–Crippen MR) is 170 cm³/mol. The molecule has 2 aromatic heterocycles. The highest BCUT2D eigenvalue weighted by molar-refractivity contribution is 9.08. The van der Waals surface area contributed by atoms with E-state index in [1.807, 2.05) is 62.4 Å². The molecule has 0 aliphatic heterocycles. The van der Waals surface area contributed by atoms with Gasteiger partial charge in [-0.2, -0.15) is 0 Å². The Hall–Kier alpha value is -2.17. The monoisotopic (exact) mass is 668 g/mol. The number of aromatic amines is 1. The van der Waals surface area contributed by atoms with Gasteiger partial charge in [0.1, 0.15) is 0 Å². The van der Waals surface area contributed by atoms with Gasteiger partial charge in [-0.25, -0.2) is 4.98 Å². The van der Waals surface area contributed by atoms with Crippen LogP contribution in [0.4, 0.5) is 0 Å². The molecule has 2 heterocycles. The maximum absolute atomic E-state index is 12.1. The molecule has 0 spiro atoms. The zero-order chi connectivity index (χ0) is 28.6. The van der Waals surface area contributed by atoms with Crippen LogP contribution in [0.25, 0.3) is 0 Å². The van der Waals surface area contributed by atoms with Crippen LogP contribution in [-0.4, -0.2) is 19.1 Å². The van der Waals surface area contributed by atoms with E-state index in [4.69, 9.17) is 35.4 Å². The smallest absolute Gasteiger partial charge is 0.285 e. The number of rotatable bonds is 8. The highest BCUT2D eigenvalue weighted by Crippen LogP contribution is 2.19. The van der Waals surface area contributed by atoms with Crippen LogP contribution in [0.1, 0.15) is 37.8 Å². The molecule has 39 heavy (non-hydrogen) atoms. The molecular formula is C28H31BrCl2N4O2S2. The van der Waals surface area contributed by atoms with Crippen molar-refractivity contribution in [2.75, 3.05) is 0 Å². The van der Waals surface area contributed by atoms with Gasteiger partial charge in [0.15, 0.2) is 9.67 Å². The Morgan fingerprint density at radius 1 is 0.872 bits per heavy atom. The van der Waals surface area contributed by atoms with Crippen LogP contribution in [0, 0.1) is 4.64 Å². The largest absolute Gasteiger partial charge is 0.347 e. The zero-order valence-corrected chi connectivity index (χ0v) is 26.5. The van der Waals surface area contributed by atoms with Gasteiger partial charge in [0.2, 0.25) is 0 Å². The van der Waals surface area contributed by atoms with Crippen molar-refractivity contribution >= 4 is 63.1 Å². The summed E-state index contributed by atoms with van der Waals surface area (Å²) in [6.07, 6.45) is 8.68. The number of thioether (sulfide) groups is 1. The van der Waals surface area contributed by atoms with Crippen molar-refractivity contribution in [1.29, 1.82) is 0 Å². The topological polar surface area (TPSA) is 72.7 Å². The summed E-state index contributed by atoms with van der Waals surface area (Å²) in [6, 6.07) is 15.4. The number of aryl methyl sites for hydroxylation is 2. The molecule has 208 valence electrons. The second kappa shape index (κ2) is 18.2. The number of benzene rings is 2. The van der Waals surface area contributed by atoms with Crippen molar-refractivity contribution in [2.24, 2.45) is 0 Å². The minimum absolute atomic E-state index is 0.0108. The summed E-state index contributed by atoms with van der Waals surface area (Å²) in [4.78, 5) is 30.1. The number of H-pyrrole nitrogens is 1. The van der Waals surface area contributed by atoms with E-state index in [0.717, 1.165) is 52.6 Å². The molecule has 0 saturated heterocycles. The second-order valence-electron chi connectivity index (χ2n) is 8.19. The van der Waals surface area contributed by atoms with Crippen molar-refractivity contribution in [3.05, 3.63) is 120 Å². The Kier molecular flexibility index (Phi) is 15.4. The summed E-state index contributed by atoms with van der Waals surface area (Å²) in [5.74, 6) is 0.718. The molecule has 11 heteroatoms. The van der Waals surface area contributed by atoms with E-state index in [2.05, 4.69) is 25.9 Å². The van der Waals surface area contributed by atoms with E-state index in [1.165, 1.54) is 17.3 Å². The van der Waals surface area contributed by atoms with Gasteiger partial charge in [0.25, 0.3) is 11.1 Å². The lowest BCUT2D eigenvalue weighted by Crippen LogP contribution is -2.21. The minimum Gasteiger partial charge on any atom is -0.347 e. The van der Waals surface area contributed by atoms with E-state index in [9.17, 15) is 9.59 Å². The number of hydrogen-bond donors (Lipinski definition) is 1. The minimum atomic E-state index is -0.107. The van der Waals surface area contributed by atoms with Gasteiger partial charge >= 0.3 is 0 Å². The number of nitrogens with zero attached hydrogens (tertiary/aromatic N) is 3. The summed E-state index contributed by atoms with van der Waals surface area (Å²) in [5.41, 5.74) is 2.26. The third-order valence-corrected chi connectivity index (χ3v) is 7.57. The van der Waals surface area contributed by atoms with Crippen molar-refractivity contribution in [3.63, 3.8) is 0 Å². The quantitative estimate of drug-likeness (QED) is 0.116. The van der Waals surface area contributed by atoms with E-state index in [0.29, 0.717) is 5.03 Å². The molecule has 0 aliphatic carbocycles. The number of hydrogen-bond acceptors (Lipinski definition) is 5. The molecule has 0 atom stereocenters. The van der Waals surface area contributed by atoms with Gasteiger partial charge in [-0.1, -0.05) is 101 Å². The molecule has 0 radical (unpaired) electrons. The lowest BCUT2D eigenvalue weighted by Gasteiger charge is -2.05. The second-order valence-corrected chi connectivity index (χ2v) is 11.0. The van der Waals surface area contributed by atoms with Gasteiger partial charge < -0.3 is 14.1 Å². The Bertz CT molecular complexity index is 1460. The van der Waals surface area contributed by atoms with E-state index < -0.39 is 0 Å². The van der Waals surface area contributed by atoms with E-state index in [-0.39, 0.29) is 15.8 Å². The van der Waals surface area contributed by atoms with Crippen LogP contribution in [0.5, 0.6) is 0 Å². The van der Waals surface area contributed by atoms with Crippen LogP contribution in [-0.2, 0) is 24.2 Å². The molecule has 0 saturated carbocycles. The van der Waals surface area contributed by atoms with Crippen LogP contribution in [0.2, 0.25) is 10.0 Å². The molecule has 0 amide bonds. The molecular weight excluding hydrogens is 639 g/mol. The number of alkyl halides is 1. The normalized spacial score (nSPS) is 10.2. The van der Waals surface area contributed by atoms with Crippen molar-refractivity contribution in [3.8, 4) is 0 Å². The van der Waals surface area contributed by atoms with Crippen LogP contribution >= 0.6 is 63.1 Å². The molecule has 4 rings (SSSR count). The number of nitrogens with one attached hydrogen (secondary N) is 1. The van der Waals surface area contributed by atoms with Crippen molar-refractivity contribution in [1.82, 2.24) is 19.1 Å². The SMILES string of the molecule is CCCn1cc[nH]c(=S)c1=O.CCCn1ccnc(SCc2ccc(Cl)cc2)c1=O.Clc1ccc(CBr)cc1. The van der Waals surface area contributed by atoms with E-state index >= 15 is 0 Å². The number of halogens is 3. The predicted octanol–water partition coefficient (Wildman–Crippen LogP) is 8.15. The molecule has 0 fully saturated rings. The molecule has 4 aromatic rings. The van der Waals surface area contributed by atoms with Crippen LogP contribution < -0.4 is 11.1 Å². The average Bonchev–Trinajstić information content (AvgIpc) is 2.94. The first-order chi connectivity index (χ1) is 18.8. The third kappa shape index (κ3) is 11.8. The first-order valence-corrected chi connectivity index (χ1v) is 15.6. The maximum Gasteiger partial charge on any atom is 0.285 e. The summed E-state index contributed by atoms with van der Waals surface area (Å²) in [5, 5.41) is 2.95. The Morgan fingerprint density at radius 3 is 1.95 bits per heavy atom. The fourth-order valence-corrected chi connectivity index (χ4v) is 4.81. The molecule has 1 N–H and O–H groups in total. The zero-order valence-electron chi connectivity index (χ0n) is 21.8. The van der Waals surface area contributed by atoms with Crippen LogP contribution in [0.15, 0.2) is 87.9 Å². The van der Waals surface area contributed by atoms with Crippen molar-refractivity contribution < 1.29 is 0 Å². The summed E-state index contributed by atoms with van der Waals surface area (Å²) < 4.78 is 3.59. The van der Waals surface area contributed by atoms with Gasteiger partial charge in [-0.3, -0.25) is 9.59 Å². The molecule has 0 bridgehead atoms. The highest BCUT2D eigenvalue weighted by Gasteiger charge is 2.05. The highest BCUT2D eigenvalue weighted by atomic mass is 79.9. The van der Waals surface area contributed by atoms with Crippen LogP contribution in [0.3, 0.4) is 0 Å². The standard InChI is InChI=1S/C14H15ClN2OS.C7H6BrCl.C7H10N2OS/c1-2-8-17-9-7-16-13(14(17)18)19-10-11-3-5-12(15)6-4-11;8-5-6-1-3-7(9)4-2-6;1-2-4-9-5-3-8-6(11)7(9)10/h3-7,9H,2,8,10H2,1H3;1-4H,5H2;3,5H,2,4H2,1H3,(H,8,11). The van der Waals surface area contributed by atoms with E-state index in [1.54, 1.807) is 33.9 Å². The summed E-state index contributed by atoms with van der Waals surface area (Å²) in [7, 11) is 0. The lowest BCUT2D eigenvalue weighted by molar-refractivity contribution is 0.632. The lowest BCUT2D eigenvalue weighted by atomic mass is 10.2. The fraction of sp³-hybridized carbons (Fsp3) is 0.286. The summed E-state index contributed by atoms with van der Waals surface area (Å²) >= 11 is 21.1. The molecule has 6 nitrogen and oxygen atoms in total. The number of aromatic nitrogens is 4. The maximum atomic E-state index is 12.1. The van der Waals surface area contributed by atoms with Gasteiger partial charge in [0, 0.05) is 59.0 Å². The Balaban J connectivity index is 0.000000226. The molecule has 2 aromatic carbocycles. The van der Waals surface area contributed by atoms with Crippen molar-refractivity contribution in [2.45, 2.75) is 55.9 Å². The first-order valence-electron chi connectivity index (χ1n) is 12.3. The molecule has 0 aliphatic rings. The van der Waals surface area contributed by atoms with Gasteiger partial charge in [-0.05, 0) is 48.2 Å². The van der Waals surface area contributed by atoms with Gasteiger partial charge in [0.05, 0.1) is 0 Å². The Labute approximate surface area is 256 Å². The summed E-state index contributed by atoms with van der Waals surface area (Å²) in [6.45, 7) is 5.53. The van der Waals surface area contributed by atoms with Gasteiger partial charge in [-0.15, -0.1) is 0 Å². The fourth-order valence-electron chi connectivity index (χ4n) is 3.13. The third-order valence-electron chi connectivity index (χ3n) is 5.09. The molecule has 0 unspecified atom stereocenters. The first kappa shape index (κ1) is 33.0. The average molecular weight is 671 g/mol.